The summed E-state index contributed by atoms with van der Waals surface area (Å²) in [5.74, 6) is 0. The maximum atomic E-state index is 3.50. The third-order valence-electron chi connectivity index (χ3n) is 2.24. The second-order valence-corrected chi connectivity index (χ2v) is 3.02. The molecule has 0 aromatic carbocycles. The predicted molar refractivity (Wildman–Crippen MR) is 38.3 cm³/mol. The van der Waals surface area contributed by atoms with Crippen molar-refractivity contribution in [2.75, 3.05) is 6.54 Å². The molecule has 0 amide bonds. The maximum absolute atomic E-state index is 3.50. The Bertz CT molecular complexity index is 158. The van der Waals surface area contributed by atoms with Crippen molar-refractivity contribution in [2.24, 2.45) is 0 Å². The quantitative estimate of drug-likeness (QED) is 0.560. The molecular weight excluding hydrogens is 110 g/mol. The van der Waals surface area contributed by atoms with Crippen molar-refractivity contribution in [1.82, 2.24) is 5.32 Å². The molecule has 0 fully saturated rings. The van der Waals surface area contributed by atoms with Crippen LogP contribution in [0.1, 0.15) is 26.2 Å². The van der Waals surface area contributed by atoms with E-state index in [1.165, 1.54) is 25.8 Å². The maximum Gasteiger partial charge on any atom is 0.0322 e. The molecule has 1 unspecified atom stereocenters. The summed E-state index contributed by atoms with van der Waals surface area (Å²) in [6.07, 6.45) is 3.98. The lowest BCUT2D eigenvalue weighted by atomic mass is 10.0. The lowest BCUT2D eigenvalue weighted by Gasteiger charge is -2.17. The van der Waals surface area contributed by atoms with Crippen molar-refractivity contribution >= 4 is 0 Å². The third-order valence-corrected chi connectivity index (χ3v) is 2.24. The van der Waals surface area contributed by atoms with Crippen molar-refractivity contribution in [3.8, 4) is 0 Å². The van der Waals surface area contributed by atoms with Crippen molar-refractivity contribution in [3.05, 3.63) is 11.1 Å². The van der Waals surface area contributed by atoms with E-state index in [-0.39, 0.29) is 0 Å². The Morgan fingerprint density at radius 1 is 1.67 bits per heavy atom. The largest absolute Gasteiger partial charge is 0.310 e. The fraction of sp³-hybridized carbons (Fsp3) is 0.750. The van der Waals surface area contributed by atoms with Gasteiger partial charge < -0.3 is 5.32 Å². The van der Waals surface area contributed by atoms with E-state index >= 15 is 0 Å². The Morgan fingerprint density at radius 2 is 2.56 bits per heavy atom. The lowest BCUT2D eigenvalue weighted by Crippen LogP contribution is -2.31. The van der Waals surface area contributed by atoms with Gasteiger partial charge >= 0.3 is 0 Å². The van der Waals surface area contributed by atoms with Crippen LogP contribution in [0.5, 0.6) is 0 Å². The summed E-state index contributed by atoms with van der Waals surface area (Å²) in [5.41, 5.74) is 3.46. The van der Waals surface area contributed by atoms with E-state index < -0.39 is 0 Å². The van der Waals surface area contributed by atoms with Gasteiger partial charge in [0.1, 0.15) is 0 Å². The van der Waals surface area contributed by atoms with Gasteiger partial charge in [-0.2, -0.15) is 0 Å². The number of hydrogen-bond acceptors (Lipinski definition) is 1. The fourth-order valence-electron chi connectivity index (χ4n) is 1.51. The Morgan fingerprint density at radius 3 is 3.00 bits per heavy atom. The second-order valence-electron chi connectivity index (χ2n) is 3.02. The van der Waals surface area contributed by atoms with Crippen LogP contribution in [0.25, 0.3) is 0 Å². The molecule has 1 N–H and O–H groups in total. The van der Waals surface area contributed by atoms with E-state index in [9.17, 15) is 0 Å². The zero-order chi connectivity index (χ0) is 6.27. The summed E-state index contributed by atoms with van der Waals surface area (Å²) >= 11 is 0. The van der Waals surface area contributed by atoms with Crippen molar-refractivity contribution < 1.29 is 0 Å². The van der Waals surface area contributed by atoms with Gasteiger partial charge in [0.15, 0.2) is 0 Å². The molecule has 50 valence electrons. The van der Waals surface area contributed by atoms with Crippen LogP contribution in [0.4, 0.5) is 0 Å². The molecule has 0 aromatic heterocycles. The molecule has 1 atom stereocenters. The number of hydrogen-bond donors (Lipinski definition) is 1. The molecule has 0 saturated heterocycles. The van der Waals surface area contributed by atoms with E-state index in [0.29, 0.717) is 0 Å². The molecule has 0 heterocycles. The number of nitrogens with one attached hydrogen (secondary N) is 1. The molecule has 0 aromatic rings. The minimum atomic E-state index is 0.806. The standard InChI is InChI=1S/C8H13N/c1-2-3-9-8-5-6-4-7(6)8/h8-9H,2-5H2,1H3. The molecule has 0 spiro atoms. The zero-order valence-corrected chi connectivity index (χ0v) is 5.91. The van der Waals surface area contributed by atoms with Gasteiger partial charge in [0.2, 0.25) is 0 Å². The van der Waals surface area contributed by atoms with Gasteiger partial charge in [-0.25, -0.2) is 0 Å². The summed E-state index contributed by atoms with van der Waals surface area (Å²) in [5, 5.41) is 3.50. The summed E-state index contributed by atoms with van der Waals surface area (Å²) in [4.78, 5) is 0. The highest BCUT2D eigenvalue weighted by Crippen LogP contribution is 2.48. The average Bonchev–Trinajstić information content (AvgIpc) is 2.44. The molecule has 1 heteroatoms. The van der Waals surface area contributed by atoms with Gasteiger partial charge in [-0.15, -0.1) is 0 Å². The fourth-order valence-corrected chi connectivity index (χ4v) is 1.51. The molecule has 9 heavy (non-hydrogen) atoms. The molecule has 2 rings (SSSR count). The third kappa shape index (κ3) is 0.799. The lowest BCUT2D eigenvalue weighted by molar-refractivity contribution is 0.561. The monoisotopic (exact) mass is 123 g/mol. The average molecular weight is 123 g/mol. The topological polar surface area (TPSA) is 12.0 Å². The van der Waals surface area contributed by atoms with Crippen molar-refractivity contribution in [3.63, 3.8) is 0 Å². The molecule has 1 nitrogen and oxygen atoms in total. The van der Waals surface area contributed by atoms with Crippen LogP contribution in [-0.2, 0) is 0 Å². The van der Waals surface area contributed by atoms with E-state index in [1.54, 1.807) is 11.1 Å². The first-order valence-corrected chi connectivity index (χ1v) is 3.86. The first-order chi connectivity index (χ1) is 4.42. The van der Waals surface area contributed by atoms with Gasteiger partial charge in [0, 0.05) is 6.04 Å². The SMILES string of the molecule is CCCNC1CC2=C1C2. The highest BCUT2D eigenvalue weighted by atomic mass is 14.9. The first-order valence-electron chi connectivity index (χ1n) is 3.86. The van der Waals surface area contributed by atoms with Crippen LogP contribution < -0.4 is 5.32 Å². The normalized spacial score (nSPS) is 29.7. The van der Waals surface area contributed by atoms with Gasteiger partial charge in [-0.1, -0.05) is 12.5 Å². The van der Waals surface area contributed by atoms with Crippen LogP contribution in [0.3, 0.4) is 0 Å². The molecule has 0 saturated carbocycles. The van der Waals surface area contributed by atoms with Gasteiger partial charge in [-0.3, -0.25) is 0 Å². The van der Waals surface area contributed by atoms with Crippen molar-refractivity contribution in [2.45, 2.75) is 32.2 Å². The van der Waals surface area contributed by atoms with E-state index in [2.05, 4.69) is 12.2 Å². The molecule has 2 aliphatic rings. The molecular formula is C8H13N. The predicted octanol–water partition coefficient (Wildman–Crippen LogP) is 1.46. The smallest absolute Gasteiger partial charge is 0.0322 e. The minimum absolute atomic E-state index is 0.806. The van der Waals surface area contributed by atoms with Crippen molar-refractivity contribution in [1.29, 1.82) is 0 Å². The zero-order valence-electron chi connectivity index (χ0n) is 5.91. The Labute approximate surface area is 56.1 Å². The Hall–Kier alpha value is -0.300. The Balaban J connectivity index is 1.72. The highest BCUT2D eigenvalue weighted by Gasteiger charge is 2.39. The number of rotatable bonds is 3. The summed E-state index contributed by atoms with van der Waals surface area (Å²) in [6.45, 7) is 3.41. The Kier molecular flexibility index (Phi) is 1.12. The minimum Gasteiger partial charge on any atom is -0.310 e. The van der Waals surface area contributed by atoms with Crippen LogP contribution in [-0.4, -0.2) is 12.6 Å². The summed E-state index contributed by atoms with van der Waals surface area (Å²) in [6, 6.07) is 0.806. The van der Waals surface area contributed by atoms with Gasteiger partial charge in [-0.05, 0) is 31.4 Å². The molecule has 2 aliphatic carbocycles. The van der Waals surface area contributed by atoms with Gasteiger partial charge in [0.25, 0.3) is 0 Å². The van der Waals surface area contributed by atoms with Gasteiger partial charge in [0.05, 0.1) is 0 Å². The van der Waals surface area contributed by atoms with E-state index in [1.807, 2.05) is 0 Å². The highest BCUT2D eigenvalue weighted by molar-refractivity contribution is 5.49. The molecule has 0 bridgehead atoms. The van der Waals surface area contributed by atoms with E-state index in [4.69, 9.17) is 0 Å². The van der Waals surface area contributed by atoms with Crippen LogP contribution in [0.2, 0.25) is 0 Å². The summed E-state index contributed by atoms with van der Waals surface area (Å²) < 4.78 is 0. The van der Waals surface area contributed by atoms with Crippen LogP contribution in [0.15, 0.2) is 11.1 Å². The summed E-state index contributed by atoms with van der Waals surface area (Å²) in [7, 11) is 0. The molecule has 0 radical (unpaired) electrons. The van der Waals surface area contributed by atoms with Crippen LogP contribution >= 0.6 is 0 Å². The molecule has 0 aliphatic heterocycles. The first kappa shape index (κ1) is 5.48. The second kappa shape index (κ2) is 1.84. The van der Waals surface area contributed by atoms with E-state index in [0.717, 1.165) is 6.04 Å². The van der Waals surface area contributed by atoms with Crippen LogP contribution in [0, 0.1) is 0 Å².